The van der Waals surface area contributed by atoms with Crippen molar-refractivity contribution >= 4 is 119 Å². The number of anilines is 3. The zero-order valence-corrected chi connectivity index (χ0v) is 33.4. The van der Waals surface area contributed by atoms with Gasteiger partial charge in [0.15, 0.2) is 5.76 Å². The molecule has 0 bridgehead atoms. The number of hydrogen-bond acceptors (Lipinski definition) is 4. The van der Waals surface area contributed by atoms with Crippen molar-refractivity contribution in [2.24, 2.45) is 0 Å². The molecule has 0 aliphatic rings. The van der Waals surface area contributed by atoms with Gasteiger partial charge in [-0.05, 0) is 66.2 Å². The van der Waals surface area contributed by atoms with E-state index in [1.165, 1.54) is 56.6 Å². The standard InChI is InChI=1S/C54H34N2OS2/c1-2-3-28-48-51(43-24-13-21-36(52(43)57-48)34-31-32-38-37-18-7-10-25-44(37)55(47(38)33-34)35-16-5-4-6-17-35)56(45-26-14-22-41-39-19-8-11-29-49(39)58-53(41)45)46-27-15-23-42-40-20-9-12-30-50(40)59-54(42)46/h2-33H,1H2/b28-3-. The van der Waals surface area contributed by atoms with Crippen LogP contribution in [-0.2, 0) is 0 Å². The molecule has 3 nitrogen and oxygen atoms in total. The van der Waals surface area contributed by atoms with Gasteiger partial charge in [-0.1, -0.05) is 140 Å². The van der Waals surface area contributed by atoms with Gasteiger partial charge < -0.3 is 13.9 Å². The summed E-state index contributed by atoms with van der Waals surface area (Å²) in [5.41, 5.74) is 9.66. The molecule has 0 radical (unpaired) electrons. The second kappa shape index (κ2) is 13.5. The van der Waals surface area contributed by atoms with Crippen molar-refractivity contribution in [1.29, 1.82) is 0 Å². The number of allylic oxidation sites excluding steroid dienone is 2. The Bertz CT molecular complexity index is 3540. The SMILES string of the molecule is C=C/C=C\c1oc2c(-c3ccc4c5ccccc5n(-c5ccccc5)c4c3)cccc2c1N(c1cccc2c1sc1ccccc12)c1cccc2c1sc1ccccc12. The Morgan fingerprint density at radius 1 is 0.508 bits per heavy atom. The lowest BCUT2D eigenvalue weighted by Gasteiger charge is -2.26. The summed E-state index contributed by atoms with van der Waals surface area (Å²) < 4.78 is 14.5. The van der Waals surface area contributed by atoms with E-state index in [0.29, 0.717) is 0 Å². The topological polar surface area (TPSA) is 21.3 Å². The molecular formula is C54H34N2OS2. The second-order valence-corrected chi connectivity index (χ2v) is 17.0. The summed E-state index contributed by atoms with van der Waals surface area (Å²) in [6, 6.07) is 63.6. The first kappa shape index (κ1) is 33.9. The fourth-order valence-electron chi connectivity index (χ4n) is 9.03. The van der Waals surface area contributed by atoms with Gasteiger partial charge in [0, 0.05) is 58.4 Å². The van der Waals surface area contributed by atoms with Gasteiger partial charge in [-0.3, -0.25) is 0 Å². The molecule has 278 valence electrons. The number of furan rings is 1. The Labute approximate surface area is 348 Å². The van der Waals surface area contributed by atoms with Gasteiger partial charge >= 0.3 is 0 Å². The molecule has 4 aromatic heterocycles. The summed E-state index contributed by atoms with van der Waals surface area (Å²) in [6.45, 7) is 4.06. The summed E-state index contributed by atoms with van der Waals surface area (Å²) in [4.78, 5) is 2.46. The third kappa shape index (κ3) is 5.19. The number of para-hydroxylation sites is 3. The third-order valence-corrected chi connectivity index (χ3v) is 14.0. The molecule has 0 aliphatic heterocycles. The van der Waals surface area contributed by atoms with Gasteiger partial charge in [0.05, 0.1) is 31.8 Å². The zero-order chi connectivity index (χ0) is 39.0. The average Bonchev–Trinajstić information content (AvgIpc) is 4.05. The molecule has 59 heavy (non-hydrogen) atoms. The van der Waals surface area contributed by atoms with Crippen molar-refractivity contribution in [2.45, 2.75) is 0 Å². The number of rotatable bonds is 7. The molecule has 0 spiro atoms. The highest BCUT2D eigenvalue weighted by Crippen LogP contribution is 2.53. The minimum atomic E-state index is 0.767. The Balaban J connectivity index is 1.16. The Morgan fingerprint density at radius 3 is 1.78 bits per heavy atom. The van der Waals surface area contributed by atoms with E-state index in [4.69, 9.17) is 4.42 Å². The van der Waals surface area contributed by atoms with Crippen molar-refractivity contribution in [1.82, 2.24) is 4.57 Å². The minimum absolute atomic E-state index is 0.767. The number of hydrogen-bond donors (Lipinski definition) is 0. The Kier molecular flexibility index (Phi) is 7.73. The Morgan fingerprint density at radius 2 is 1.08 bits per heavy atom. The van der Waals surface area contributed by atoms with Crippen LogP contribution in [0.2, 0.25) is 0 Å². The van der Waals surface area contributed by atoms with Gasteiger partial charge in [-0.15, -0.1) is 22.7 Å². The van der Waals surface area contributed by atoms with Crippen molar-refractivity contribution in [3.8, 4) is 16.8 Å². The molecule has 0 atom stereocenters. The van der Waals surface area contributed by atoms with E-state index >= 15 is 0 Å². The van der Waals surface area contributed by atoms with E-state index < -0.39 is 0 Å². The normalized spacial score (nSPS) is 12.1. The molecule has 0 saturated carbocycles. The monoisotopic (exact) mass is 790 g/mol. The number of nitrogens with zero attached hydrogens (tertiary/aromatic N) is 2. The highest BCUT2D eigenvalue weighted by molar-refractivity contribution is 7.27. The molecule has 0 saturated heterocycles. The smallest absolute Gasteiger partial charge is 0.152 e. The van der Waals surface area contributed by atoms with Crippen LogP contribution in [0, 0.1) is 0 Å². The molecule has 0 N–H and O–H groups in total. The number of fused-ring (bicyclic) bond motifs is 10. The molecule has 12 rings (SSSR count). The molecule has 0 aliphatic carbocycles. The first-order valence-electron chi connectivity index (χ1n) is 19.8. The van der Waals surface area contributed by atoms with Crippen LogP contribution in [-0.4, -0.2) is 4.57 Å². The highest BCUT2D eigenvalue weighted by Gasteiger charge is 2.28. The molecular weight excluding hydrogens is 757 g/mol. The molecule has 0 amide bonds. The molecule has 5 heteroatoms. The van der Waals surface area contributed by atoms with Gasteiger partial charge in [-0.25, -0.2) is 0 Å². The van der Waals surface area contributed by atoms with E-state index in [9.17, 15) is 0 Å². The predicted molar refractivity (Wildman–Crippen MR) is 256 cm³/mol. The molecule has 0 unspecified atom stereocenters. The van der Waals surface area contributed by atoms with Crippen LogP contribution in [0.25, 0.3) is 96.0 Å². The van der Waals surface area contributed by atoms with Crippen molar-refractivity contribution in [3.05, 3.63) is 200 Å². The summed E-state index contributed by atoms with van der Waals surface area (Å²) in [7, 11) is 0. The van der Waals surface area contributed by atoms with Gasteiger partial charge in [0.25, 0.3) is 0 Å². The average molecular weight is 791 g/mol. The van der Waals surface area contributed by atoms with Gasteiger partial charge in [0.2, 0.25) is 0 Å². The minimum Gasteiger partial charge on any atom is -0.454 e. The van der Waals surface area contributed by atoms with Crippen LogP contribution in [0.1, 0.15) is 5.76 Å². The van der Waals surface area contributed by atoms with E-state index in [0.717, 1.165) is 56.1 Å². The molecule has 8 aromatic carbocycles. The van der Waals surface area contributed by atoms with Crippen molar-refractivity contribution in [2.75, 3.05) is 4.90 Å². The number of aromatic nitrogens is 1. The quantitative estimate of drug-likeness (QED) is 0.150. The van der Waals surface area contributed by atoms with Crippen molar-refractivity contribution in [3.63, 3.8) is 0 Å². The Hall–Kier alpha value is -7.18. The lowest BCUT2D eigenvalue weighted by Crippen LogP contribution is -2.11. The fourth-order valence-corrected chi connectivity index (χ4v) is 11.4. The number of benzene rings is 8. The van der Waals surface area contributed by atoms with Crippen LogP contribution in [0.4, 0.5) is 17.1 Å². The maximum atomic E-state index is 7.16. The maximum Gasteiger partial charge on any atom is 0.152 e. The third-order valence-electron chi connectivity index (χ3n) is 11.6. The van der Waals surface area contributed by atoms with Crippen LogP contribution in [0.15, 0.2) is 199 Å². The van der Waals surface area contributed by atoms with E-state index in [1.54, 1.807) is 0 Å². The van der Waals surface area contributed by atoms with Crippen LogP contribution in [0.5, 0.6) is 0 Å². The summed E-state index contributed by atoms with van der Waals surface area (Å²) in [5.74, 6) is 0.767. The molecule has 4 heterocycles. The van der Waals surface area contributed by atoms with Gasteiger partial charge in [-0.2, -0.15) is 0 Å². The van der Waals surface area contributed by atoms with Gasteiger partial charge in [0.1, 0.15) is 11.3 Å². The predicted octanol–water partition coefficient (Wildman–Crippen LogP) is 16.6. The highest BCUT2D eigenvalue weighted by atomic mass is 32.1. The molecule has 12 aromatic rings. The van der Waals surface area contributed by atoms with E-state index in [-0.39, 0.29) is 0 Å². The first-order valence-corrected chi connectivity index (χ1v) is 21.4. The fraction of sp³-hybridized carbons (Fsp3) is 0. The van der Waals surface area contributed by atoms with Crippen LogP contribution < -0.4 is 4.90 Å². The lowest BCUT2D eigenvalue weighted by molar-refractivity contribution is 0.605. The van der Waals surface area contributed by atoms with Crippen molar-refractivity contribution < 1.29 is 4.42 Å². The van der Waals surface area contributed by atoms with Crippen LogP contribution >= 0.6 is 22.7 Å². The largest absolute Gasteiger partial charge is 0.454 e. The van der Waals surface area contributed by atoms with Crippen LogP contribution in [0.3, 0.4) is 0 Å². The first-order chi connectivity index (χ1) is 29.2. The summed E-state index contributed by atoms with van der Waals surface area (Å²) in [6.07, 6.45) is 5.85. The summed E-state index contributed by atoms with van der Waals surface area (Å²) >= 11 is 3.69. The van der Waals surface area contributed by atoms with E-state index in [2.05, 4.69) is 198 Å². The number of thiophene rings is 2. The van der Waals surface area contributed by atoms with E-state index in [1.807, 2.05) is 34.8 Å². The zero-order valence-electron chi connectivity index (χ0n) is 31.8. The second-order valence-electron chi connectivity index (χ2n) is 14.9. The maximum absolute atomic E-state index is 7.16. The summed E-state index contributed by atoms with van der Waals surface area (Å²) in [5, 5.41) is 8.51. The lowest BCUT2D eigenvalue weighted by atomic mass is 10.0. The molecule has 0 fully saturated rings.